The number of pyridine rings is 1. The molecule has 1 aliphatic rings. The van der Waals surface area contributed by atoms with Crippen molar-refractivity contribution >= 4 is 11.6 Å². The third kappa shape index (κ3) is 2.77. The van der Waals surface area contributed by atoms with Crippen molar-refractivity contribution in [3.8, 4) is 0 Å². The highest BCUT2D eigenvalue weighted by atomic mass is 15.4. The Balaban J connectivity index is 1.63. The molecule has 1 N–H and O–H groups in total. The Bertz CT molecular complexity index is 571. The number of piperidine rings is 1. The van der Waals surface area contributed by atoms with Crippen LogP contribution in [0.1, 0.15) is 31.9 Å². The zero-order valence-electron chi connectivity index (χ0n) is 12.3. The number of nitrogens with zero attached hydrogens (tertiary/aromatic N) is 4. The molecule has 0 aromatic carbocycles. The number of hydrogen-bond acceptors (Lipinski definition) is 4. The summed E-state index contributed by atoms with van der Waals surface area (Å²) in [5.41, 5.74) is 2.00. The van der Waals surface area contributed by atoms with Gasteiger partial charge in [-0.25, -0.2) is 4.52 Å². The SMILES string of the molecule is Cc1cccc2nc(NCC(C)N3CCCCC3)nn12. The Hall–Kier alpha value is -1.62. The van der Waals surface area contributed by atoms with E-state index in [-0.39, 0.29) is 0 Å². The average Bonchev–Trinajstić information content (AvgIpc) is 2.90. The van der Waals surface area contributed by atoms with Crippen molar-refractivity contribution in [1.29, 1.82) is 0 Å². The van der Waals surface area contributed by atoms with Crippen molar-refractivity contribution in [3.05, 3.63) is 23.9 Å². The van der Waals surface area contributed by atoms with Crippen LogP contribution in [0.2, 0.25) is 0 Å². The van der Waals surface area contributed by atoms with E-state index in [4.69, 9.17) is 0 Å². The number of hydrogen-bond donors (Lipinski definition) is 1. The van der Waals surface area contributed by atoms with Crippen molar-refractivity contribution in [2.24, 2.45) is 0 Å². The molecule has 0 amide bonds. The van der Waals surface area contributed by atoms with Gasteiger partial charge in [-0.3, -0.25) is 4.90 Å². The number of aryl methyl sites for hydroxylation is 1. The lowest BCUT2D eigenvalue weighted by atomic mass is 10.1. The molecular formula is C15H23N5. The Morgan fingerprint density at radius 2 is 2.05 bits per heavy atom. The maximum atomic E-state index is 4.51. The molecule has 1 saturated heterocycles. The number of anilines is 1. The summed E-state index contributed by atoms with van der Waals surface area (Å²) >= 11 is 0. The molecule has 2 aromatic heterocycles. The summed E-state index contributed by atoms with van der Waals surface area (Å²) in [6.45, 7) is 7.66. The Morgan fingerprint density at radius 3 is 2.80 bits per heavy atom. The zero-order chi connectivity index (χ0) is 13.9. The van der Waals surface area contributed by atoms with E-state index in [0.29, 0.717) is 6.04 Å². The summed E-state index contributed by atoms with van der Waals surface area (Å²) < 4.78 is 1.88. The van der Waals surface area contributed by atoms with Crippen LogP contribution < -0.4 is 5.32 Å². The third-order valence-electron chi connectivity index (χ3n) is 4.12. The minimum absolute atomic E-state index is 0.531. The molecule has 5 heteroatoms. The van der Waals surface area contributed by atoms with E-state index in [1.165, 1.54) is 32.4 Å². The molecule has 0 radical (unpaired) electrons. The van der Waals surface area contributed by atoms with Gasteiger partial charge in [-0.1, -0.05) is 12.5 Å². The maximum Gasteiger partial charge on any atom is 0.243 e. The molecule has 3 heterocycles. The van der Waals surface area contributed by atoms with Gasteiger partial charge in [0.25, 0.3) is 0 Å². The highest BCUT2D eigenvalue weighted by molar-refractivity contribution is 5.44. The Kier molecular flexibility index (Phi) is 3.87. The van der Waals surface area contributed by atoms with Crippen LogP contribution in [0.25, 0.3) is 5.65 Å². The summed E-state index contributed by atoms with van der Waals surface area (Å²) in [6, 6.07) is 6.57. The Morgan fingerprint density at radius 1 is 1.25 bits per heavy atom. The minimum atomic E-state index is 0.531. The predicted octanol–water partition coefficient (Wildman–Crippen LogP) is 2.32. The van der Waals surface area contributed by atoms with Gasteiger partial charge in [0.1, 0.15) is 0 Å². The van der Waals surface area contributed by atoms with Gasteiger partial charge in [0.2, 0.25) is 5.95 Å². The smallest absolute Gasteiger partial charge is 0.243 e. The molecule has 108 valence electrons. The summed E-state index contributed by atoms with van der Waals surface area (Å²) in [5.74, 6) is 0.725. The van der Waals surface area contributed by atoms with E-state index in [9.17, 15) is 0 Å². The van der Waals surface area contributed by atoms with E-state index in [0.717, 1.165) is 23.8 Å². The van der Waals surface area contributed by atoms with Crippen molar-refractivity contribution in [3.63, 3.8) is 0 Å². The van der Waals surface area contributed by atoms with Crippen LogP contribution in [0.15, 0.2) is 18.2 Å². The second kappa shape index (κ2) is 5.79. The molecule has 2 aromatic rings. The lowest BCUT2D eigenvalue weighted by Gasteiger charge is -2.32. The van der Waals surface area contributed by atoms with Crippen LogP contribution in [-0.2, 0) is 0 Å². The second-order valence-electron chi connectivity index (χ2n) is 5.70. The second-order valence-corrected chi connectivity index (χ2v) is 5.70. The first kappa shape index (κ1) is 13.4. The molecular weight excluding hydrogens is 250 g/mol. The first-order chi connectivity index (χ1) is 9.74. The van der Waals surface area contributed by atoms with Crippen molar-refractivity contribution in [1.82, 2.24) is 19.5 Å². The van der Waals surface area contributed by atoms with Gasteiger partial charge in [0.05, 0.1) is 0 Å². The normalized spacial score (nSPS) is 18.3. The molecule has 0 bridgehead atoms. The van der Waals surface area contributed by atoms with Gasteiger partial charge < -0.3 is 5.32 Å². The van der Waals surface area contributed by atoms with Crippen molar-refractivity contribution < 1.29 is 0 Å². The van der Waals surface area contributed by atoms with Gasteiger partial charge in [-0.2, -0.15) is 4.98 Å². The minimum Gasteiger partial charge on any atom is -0.351 e. The molecule has 1 atom stereocenters. The summed E-state index contributed by atoms with van der Waals surface area (Å²) in [5, 5.41) is 7.88. The van der Waals surface area contributed by atoms with Gasteiger partial charge in [0.15, 0.2) is 5.65 Å². The van der Waals surface area contributed by atoms with Crippen LogP contribution in [0.3, 0.4) is 0 Å². The summed E-state index contributed by atoms with van der Waals surface area (Å²) in [7, 11) is 0. The van der Waals surface area contributed by atoms with Crippen LogP contribution in [0, 0.1) is 6.92 Å². The number of likely N-dealkylation sites (tertiary alicyclic amines) is 1. The number of nitrogens with one attached hydrogen (secondary N) is 1. The number of fused-ring (bicyclic) bond motifs is 1. The van der Waals surface area contributed by atoms with Crippen LogP contribution in [0.5, 0.6) is 0 Å². The predicted molar refractivity (Wildman–Crippen MR) is 81.1 cm³/mol. The van der Waals surface area contributed by atoms with E-state index in [1.54, 1.807) is 0 Å². The molecule has 0 spiro atoms. The molecule has 1 fully saturated rings. The van der Waals surface area contributed by atoms with Gasteiger partial charge in [0, 0.05) is 18.3 Å². The largest absolute Gasteiger partial charge is 0.351 e. The van der Waals surface area contributed by atoms with E-state index < -0.39 is 0 Å². The third-order valence-corrected chi connectivity index (χ3v) is 4.12. The maximum absolute atomic E-state index is 4.51. The monoisotopic (exact) mass is 273 g/mol. The van der Waals surface area contributed by atoms with Gasteiger partial charge >= 0.3 is 0 Å². The number of rotatable bonds is 4. The zero-order valence-corrected chi connectivity index (χ0v) is 12.3. The quantitative estimate of drug-likeness (QED) is 0.928. The van der Waals surface area contributed by atoms with E-state index >= 15 is 0 Å². The first-order valence-electron chi connectivity index (χ1n) is 7.54. The summed E-state index contributed by atoms with van der Waals surface area (Å²) in [6.07, 6.45) is 4.04. The van der Waals surface area contributed by atoms with E-state index in [1.807, 2.05) is 29.6 Å². The molecule has 1 unspecified atom stereocenters. The molecule has 0 aliphatic carbocycles. The van der Waals surface area contributed by atoms with Gasteiger partial charge in [-0.15, -0.1) is 5.10 Å². The lowest BCUT2D eigenvalue weighted by Crippen LogP contribution is -2.41. The molecule has 20 heavy (non-hydrogen) atoms. The summed E-state index contributed by atoms with van der Waals surface area (Å²) in [4.78, 5) is 7.07. The molecule has 5 nitrogen and oxygen atoms in total. The molecule has 3 rings (SSSR count). The first-order valence-corrected chi connectivity index (χ1v) is 7.54. The fourth-order valence-corrected chi connectivity index (χ4v) is 2.84. The lowest BCUT2D eigenvalue weighted by molar-refractivity contribution is 0.180. The standard InChI is InChI=1S/C15H23N5/c1-12-7-6-8-14-17-15(18-20(12)14)16-11-13(2)19-9-4-3-5-10-19/h6-8,13H,3-5,9-11H2,1-2H3,(H,16,18). The number of aromatic nitrogens is 3. The topological polar surface area (TPSA) is 45.5 Å². The average molecular weight is 273 g/mol. The highest BCUT2D eigenvalue weighted by Crippen LogP contribution is 2.13. The van der Waals surface area contributed by atoms with Gasteiger partial charge in [-0.05, 0) is 51.9 Å². The molecule has 1 aliphatic heterocycles. The highest BCUT2D eigenvalue weighted by Gasteiger charge is 2.16. The van der Waals surface area contributed by atoms with Crippen LogP contribution >= 0.6 is 0 Å². The fourth-order valence-electron chi connectivity index (χ4n) is 2.84. The van der Waals surface area contributed by atoms with E-state index in [2.05, 4.69) is 27.2 Å². The fraction of sp³-hybridized carbons (Fsp3) is 0.600. The molecule has 0 saturated carbocycles. The van der Waals surface area contributed by atoms with Crippen molar-refractivity contribution in [2.45, 2.75) is 39.2 Å². The van der Waals surface area contributed by atoms with Crippen molar-refractivity contribution in [2.75, 3.05) is 25.0 Å². The Labute approximate surface area is 120 Å². The van der Waals surface area contributed by atoms with Crippen LogP contribution in [0.4, 0.5) is 5.95 Å². The van der Waals surface area contributed by atoms with Crippen LogP contribution in [-0.4, -0.2) is 45.2 Å².